The quantitative estimate of drug-likeness (QED) is 0.511. The van der Waals surface area contributed by atoms with Crippen molar-refractivity contribution >= 4 is 17.4 Å². The third-order valence-corrected chi connectivity index (χ3v) is 6.85. The lowest BCUT2D eigenvalue weighted by atomic mass is 9.93. The molecule has 37 heavy (non-hydrogen) atoms. The Morgan fingerprint density at radius 2 is 1.97 bits per heavy atom. The summed E-state index contributed by atoms with van der Waals surface area (Å²) in [7, 11) is 3.99. The number of rotatable bonds is 5. The summed E-state index contributed by atoms with van der Waals surface area (Å²) in [6.07, 6.45) is 0.632. The van der Waals surface area contributed by atoms with Gasteiger partial charge in [0.25, 0.3) is 5.91 Å². The lowest BCUT2D eigenvalue weighted by molar-refractivity contribution is 0.0531. The fraction of sp³-hybridized carbons (Fsp3) is 0.357. The van der Waals surface area contributed by atoms with Crippen molar-refractivity contribution < 1.29 is 18.3 Å². The van der Waals surface area contributed by atoms with Gasteiger partial charge in [0, 0.05) is 43.0 Å². The SMILES string of the molecule is C[C@H]1CN(c2ccc(-c3cc(-c4cc(F)c5c(c4)CCNC5=O)c(N)nc3F)cc2CN(C)C)CCO1. The molecule has 3 N–H and O–H groups in total. The van der Waals surface area contributed by atoms with Crippen molar-refractivity contribution in [2.75, 3.05) is 51.0 Å². The van der Waals surface area contributed by atoms with E-state index in [1.54, 1.807) is 12.1 Å². The van der Waals surface area contributed by atoms with Crippen LogP contribution in [-0.4, -0.2) is 62.2 Å². The molecule has 5 rings (SSSR count). The molecule has 1 fully saturated rings. The Labute approximate surface area is 215 Å². The number of carbonyl (C=O) groups excluding carboxylic acids is 1. The molecule has 1 amide bonds. The highest BCUT2D eigenvalue weighted by molar-refractivity contribution is 5.98. The smallest absolute Gasteiger partial charge is 0.254 e. The van der Waals surface area contributed by atoms with Crippen LogP contribution in [0.3, 0.4) is 0 Å². The number of nitrogen functional groups attached to an aromatic ring is 1. The van der Waals surface area contributed by atoms with Crippen LogP contribution in [0.5, 0.6) is 0 Å². The molecule has 0 bridgehead atoms. The number of nitrogens with two attached hydrogens (primary N) is 1. The molecule has 0 unspecified atom stereocenters. The summed E-state index contributed by atoms with van der Waals surface area (Å²) in [5, 5.41) is 2.66. The second kappa shape index (κ2) is 10.1. The van der Waals surface area contributed by atoms with Gasteiger partial charge < -0.3 is 25.6 Å². The Balaban J connectivity index is 1.58. The van der Waals surface area contributed by atoms with Crippen molar-refractivity contribution in [1.29, 1.82) is 0 Å². The van der Waals surface area contributed by atoms with E-state index < -0.39 is 17.7 Å². The third kappa shape index (κ3) is 5.01. The average molecular weight is 508 g/mol. The summed E-state index contributed by atoms with van der Waals surface area (Å²) in [5.41, 5.74) is 10.7. The van der Waals surface area contributed by atoms with E-state index in [-0.39, 0.29) is 23.0 Å². The van der Waals surface area contributed by atoms with Crippen LogP contribution in [0.25, 0.3) is 22.3 Å². The van der Waals surface area contributed by atoms with Crippen LogP contribution in [0.2, 0.25) is 0 Å². The van der Waals surface area contributed by atoms with Crippen molar-refractivity contribution in [2.45, 2.75) is 26.0 Å². The maximum absolute atomic E-state index is 15.2. The van der Waals surface area contributed by atoms with Gasteiger partial charge in [-0.05, 0) is 80.0 Å². The number of nitrogens with one attached hydrogen (secondary N) is 1. The molecule has 1 saturated heterocycles. The minimum absolute atomic E-state index is 0.0340. The molecule has 0 radical (unpaired) electrons. The predicted molar refractivity (Wildman–Crippen MR) is 140 cm³/mol. The first kappa shape index (κ1) is 25.1. The lowest BCUT2D eigenvalue weighted by Gasteiger charge is -2.34. The van der Waals surface area contributed by atoms with Crippen molar-refractivity contribution in [1.82, 2.24) is 15.2 Å². The summed E-state index contributed by atoms with van der Waals surface area (Å²) < 4.78 is 35.8. The second-order valence-corrected chi connectivity index (χ2v) is 9.97. The van der Waals surface area contributed by atoms with Crippen LogP contribution in [0.15, 0.2) is 36.4 Å². The van der Waals surface area contributed by atoms with Crippen LogP contribution >= 0.6 is 0 Å². The number of ether oxygens (including phenoxy) is 1. The molecule has 3 aromatic rings. The van der Waals surface area contributed by atoms with Crippen LogP contribution < -0.4 is 16.0 Å². The zero-order valence-electron chi connectivity index (χ0n) is 21.3. The monoisotopic (exact) mass is 507 g/mol. The number of hydrogen-bond acceptors (Lipinski definition) is 6. The van der Waals surface area contributed by atoms with Gasteiger partial charge in [-0.2, -0.15) is 4.39 Å². The van der Waals surface area contributed by atoms with E-state index in [9.17, 15) is 9.18 Å². The number of pyridine rings is 1. The maximum Gasteiger partial charge on any atom is 0.254 e. The molecule has 0 saturated carbocycles. The molecule has 0 aliphatic carbocycles. The lowest BCUT2D eigenvalue weighted by Crippen LogP contribution is -2.41. The average Bonchev–Trinajstić information content (AvgIpc) is 2.83. The van der Waals surface area contributed by atoms with E-state index >= 15 is 4.39 Å². The van der Waals surface area contributed by atoms with Gasteiger partial charge in [-0.15, -0.1) is 0 Å². The topological polar surface area (TPSA) is 83.7 Å². The second-order valence-electron chi connectivity index (χ2n) is 9.97. The Morgan fingerprint density at radius 3 is 2.73 bits per heavy atom. The highest BCUT2D eigenvalue weighted by atomic mass is 19.1. The Morgan fingerprint density at radius 1 is 1.16 bits per heavy atom. The Kier molecular flexibility index (Phi) is 6.83. The molecule has 1 aromatic heterocycles. The third-order valence-electron chi connectivity index (χ3n) is 6.85. The summed E-state index contributed by atoms with van der Waals surface area (Å²) in [6, 6.07) is 10.5. The van der Waals surface area contributed by atoms with Crippen LogP contribution in [0.1, 0.15) is 28.4 Å². The normalized spacial score (nSPS) is 17.6. The minimum atomic E-state index is -0.692. The van der Waals surface area contributed by atoms with Crippen LogP contribution in [0.4, 0.5) is 20.3 Å². The van der Waals surface area contributed by atoms with Crippen molar-refractivity contribution in [2.24, 2.45) is 0 Å². The number of nitrogens with zero attached hydrogens (tertiary/aromatic N) is 3. The number of benzene rings is 2. The highest BCUT2D eigenvalue weighted by Gasteiger charge is 2.24. The van der Waals surface area contributed by atoms with E-state index in [0.29, 0.717) is 48.4 Å². The molecule has 0 spiro atoms. The fourth-order valence-electron chi connectivity index (χ4n) is 5.17. The van der Waals surface area contributed by atoms with Crippen molar-refractivity contribution in [3.05, 3.63) is 64.9 Å². The van der Waals surface area contributed by atoms with E-state index in [1.165, 1.54) is 6.07 Å². The number of carbonyl (C=O) groups is 1. The number of anilines is 2. The molecular formula is C28H31F2N5O2. The molecule has 9 heteroatoms. The standard InChI is InChI=1S/C28H31F2N5O2/c1-16-14-35(8-9-37-16)24-5-4-17(10-20(24)15-34(2)3)21-13-22(27(31)33-26(21)30)19-11-18-6-7-32-28(36)25(18)23(29)12-19/h4-5,10-13,16H,6-9,14-15H2,1-3H3,(H2,31,33)(H,32,36)/t16-/m0/s1. The van der Waals surface area contributed by atoms with E-state index in [2.05, 4.69) is 27.0 Å². The highest BCUT2D eigenvalue weighted by Crippen LogP contribution is 2.36. The van der Waals surface area contributed by atoms with Crippen LogP contribution in [-0.2, 0) is 17.7 Å². The number of amides is 1. The first-order chi connectivity index (χ1) is 17.7. The van der Waals surface area contributed by atoms with Gasteiger partial charge in [-0.25, -0.2) is 9.37 Å². The van der Waals surface area contributed by atoms with Gasteiger partial charge in [-0.1, -0.05) is 6.07 Å². The Bertz CT molecular complexity index is 1360. The summed E-state index contributed by atoms with van der Waals surface area (Å²) in [4.78, 5) is 20.5. The number of halogens is 2. The van der Waals surface area contributed by atoms with Gasteiger partial charge in [0.1, 0.15) is 11.6 Å². The van der Waals surface area contributed by atoms with Gasteiger partial charge in [-0.3, -0.25) is 4.79 Å². The number of fused-ring (bicyclic) bond motifs is 1. The van der Waals surface area contributed by atoms with Crippen LogP contribution in [0, 0.1) is 11.8 Å². The zero-order valence-corrected chi connectivity index (χ0v) is 21.3. The number of aromatic nitrogens is 1. The number of morpholine rings is 1. The van der Waals surface area contributed by atoms with Gasteiger partial charge in [0.2, 0.25) is 5.95 Å². The van der Waals surface area contributed by atoms with E-state index in [1.807, 2.05) is 32.3 Å². The maximum atomic E-state index is 15.2. The predicted octanol–water partition coefficient (Wildman–Crippen LogP) is 3.85. The molecule has 194 valence electrons. The fourth-order valence-corrected chi connectivity index (χ4v) is 5.17. The largest absolute Gasteiger partial charge is 0.383 e. The zero-order chi connectivity index (χ0) is 26.3. The minimum Gasteiger partial charge on any atom is -0.383 e. The Hall–Kier alpha value is -3.56. The van der Waals surface area contributed by atoms with Gasteiger partial charge >= 0.3 is 0 Å². The summed E-state index contributed by atoms with van der Waals surface area (Å²) in [5.74, 6) is -1.79. The molecule has 2 aliphatic rings. The van der Waals surface area contributed by atoms with Crippen molar-refractivity contribution in [3.8, 4) is 22.3 Å². The summed E-state index contributed by atoms with van der Waals surface area (Å²) >= 11 is 0. The van der Waals surface area contributed by atoms with E-state index in [0.717, 1.165) is 24.3 Å². The molecular weight excluding hydrogens is 476 g/mol. The first-order valence-electron chi connectivity index (χ1n) is 12.4. The van der Waals surface area contributed by atoms with Crippen molar-refractivity contribution in [3.63, 3.8) is 0 Å². The molecule has 2 aromatic carbocycles. The molecule has 3 heterocycles. The molecule has 2 aliphatic heterocycles. The summed E-state index contributed by atoms with van der Waals surface area (Å²) in [6.45, 7) is 5.38. The van der Waals surface area contributed by atoms with Gasteiger partial charge in [0.15, 0.2) is 0 Å². The first-order valence-corrected chi connectivity index (χ1v) is 12.4. The van der Waals surface area contributed by atoms with E-state index in [4.69, 9.17) is 10.5 Å². The number of hydrogen-bond donors (Lipinski definition) is 2. The molecule has 7 nitrogen and oxygen atoms in total. The molecule has 1 atom stereocenters. The van der Waals surface area contributed by atoms with Gasteiger partial charge in [0.05, 0.1) is 18.3 Å².